The topological polar surface area (TPSA) is 40.9 Å². The van der Waals surface area contributed by atoms with E-state index in [0.717, 1.165) is 36.8 Å². The zero-order valence-corrected chi connectivity index (χ0v) is 10.2. The van der Waals surface area contributed by atoms with E-state index in [1.807, 2.05) is 6.92 Å². The van der Waals surface area contributed by atoms with Gasteiger partial charge in [0.15, 0.2) is 5.78 Å². The lowest BCUT2D eigenvalue weighted by molar-refractivity contribution is -0.117. The maximum atomic E-state index is 11.9. The van der Waals surface area contributed by atoms with Gasteiger partial charge in [-0.3, -0.25) is 4.79 Å². The summed E-state index contributed by atoms with van der Waals surface area (Å²) in [7, 11) is 0. The molecule has 16 heavy (non-hydrogen) atoms. The highest BCUT2D eigenvalue weighted by molar-refractivity contribution is 5.97. The van der Waals surface area contributed by atoms with Crippen LogP contribution in [0.15, 0.2) is 11.1 Å². The minimum Gasteiger partial charge on any atom is -0.295 e. The monoisotopic (exact) mass is 217 g/mol. The molecule has 1 fully saturated rings. The van der Waals surface area contributed by atoms with Crippen LogP contribution in [0.1, 0.15) is 52.4 Å². The Bertz CT molecular complexity index is 388. The average Bonchev–Trinajstić information content (AvgIpc) is 2.49. The first kappa shape index (κ1) is 11.4. The highest BCUT2D eigenvalue weighted by atomic mass is 16.1. The third-order valence-corrected chi connectivity index (χ3v) is 4.44. The van der Waals surface area contributed by atoms with Gasteiger partial charge in [0, 0.05) is 6.42 Å². The van der Waals surface area contributed by atoms with Crippen LogP contribution in [-0.4, -0.2) is 5.78 Å². The van der Waals surface area contributed by atoms with Gasteiger partial charge in [0.1, 0.15) is 0 Å². The summed E-state index contributed by atoms with van der Waals surface area (Å²) in [4.78, 5) is 11.9. The molecule has 0 bridgehead atoms. The number of hydrogen-bond donors (Lipinski definition) is 0. The molecule has 2 aliphatic rings. The van der Waals surface area contributed by atoms with E-state index in [0.29, 0.717) is 6.42 Å². The second-order valence-corrected chi connectivity index (χ2v) is 5.28. The Morgan fingerprint density at radius 3 is 2.81 bits per heavy atom. The van der Waals surface area contributed by atoms with Crippen LogP contribution in [0, 0.1) is 22.7 Å². The Balaban J connectivity index is 2.55. The van der Waals surface area contributed by atoms with Crippen molar-refractivity contribution in [2.75, 3.05) is 0 Å². The molecule has 2 heteroatoms. The molecule has 0 aromatic carbocycles. The van der Waals surface area contributed by atoms with Crippen molar-refractivity contribution in [2.45, 2.75) is 52.4 Å². The van der Waals surface area contributed by atoms with Crippen LogP contribution < -0.4 is 0 Å². The average molecular weight is 217 g/mol. The van der Waals surface area contributed by atoms with E-state index < -0.39 is 0 Å². The van der Waals surface area contributed by atoms with Crippen molar-refractivity contribution in [1.82, 2.24) is 0 Å². The van der Waals surface area contributed by atoms with Crippen molar-refractivity contribution in [1.29, 1.82) is 5.26 Å². The maximum Gasteiger partial charge on any atom is 0.158 e. The third kappa shape index (κ3) is 1.50. The summed E-state index contributed by atoms with van der Waals surface area (Å²) >= 11 is 0. The second-order valence-electron chi connectivity index (χ2n) is 5.28. The van der Waals surface area contributed by atoms with E-state index in [4.69, 9.17) is 0 Å². The summed E-state index contributed by atoms with van der Waals surface area (Å²) in [5, 5.41) is 9.58. The van der Waals surface area contributed by atoms with Crippen molar-refractivity contribution >= 4 is 5.78 Å². The fraction of sp³-hybridized carbons (Fsp3) is 0.714. The number of nitrogens with zero attached hydrogens (tertiary/aromatic N) is 1. The van der Waals surface area contributed by atoms with Gasteiger partial charge in [-0.1, -0.05) is 19.8 Å². The molecule has 0 heterocycles. The van der Waals surface area contributed by atoms with E-state index in [1.54, 1.807) is 0 Å². The van der Waals surface area contributed by atoms with Crippen molar-refractivity contribution in [3.05, 3.63) is 11.1 Å². The second kappa shape index (κ2) is 4.05. The number of rotatable bonds is 0. The van der Waals surface area contributed by atoms with Crippen LogP contribution in [0.3, 0.4) is 0 Å². The van der Waals surface area contributed by atoms with E-state index in [1.165, 1.54) is 6.42 Å². The molecule has 0 N–H and O–H groups in total. The van der Waals surface area contributed by atoms with Gasteiger partial charge in [-0.05, 0) is 43.3 Å². The number of fused-ring (bicyclic) bond motifs is 1. The molecular formula is C14H19NO. The lowest BCUT2D eigenvalue weighted by Gasteiger charge is -2.38. The first-order chi connectivity index (χ1) is 7.62. The van der Waals surface area contributed by atoms with Gasteiger partial charge in [0.25, 0.3) is 0 Å². The van der Waals surface area contributed by atoms with Crippen molar-refractivity contribution in [2.24, 2.45) is 11.3 Å². The Morgan fingerprint density at radius 1 is 1.38 bits per heavy atom. The molecule has 2 rings (SSSR count). The Morgan fingerprint density at radius 2 is 2.12 bits per heavy atom. The molecule has 0 saturated heterocycles. The van der Waals surface area contributed by atoms with Crippen LogP contribution in [0.2, 0.25) is 0 Å². The SMILES string of the molecule is CC1=C2CCCCC[C@]2(C#N)[C@@H](C)CC1=O. The Labute approximate surface area is 97.3 Å². The van der Waals surface area contributed by atoms with Crippen molar-refractivity contribution in [3.63, 3.8) is 0 Å². The summed E-state index contributed by atoms with van der Waals surface area (Å²) in [6.07, 6.45) is 5.92. The van der Waals surface area contributed by atoms with Crippen LogP contribution in [0.25, 0.3) is 0 Å². The number of ketones is 1. The molecule has 0 amide bonds. The van der Waals surface area contributed by atoms with Crippen LogP contribution in [0.5, 0.6) is 0 Å². The van der Waals surface area contributed by atoms with Crippen molar-refractivity contribution in [3.8, 4) is 6.07 Å². The molecule has 86 valence electrons. The molecule has 0 radical (unpaired) electrons. The van der Waals surface area contributed by atoms with E-state index in [-0.39, 0.29) is 17.1 Å². The van der Waals surface area contributed by atoms with Crippen LogP contribution in [0.4, 0.5) is 0 Å². The summed E-state index contributed by atoms with van der Waals surface area (Å²) in [6, 6.07) is 2.55. The van der Waals surface area contributed by atoms with E-state index >= 15 is 0 Å². The zero-order valence-electron chi connectivity index (χ0n) is 10.2. The molecule has 0 aliphatic heterocycles. The first-order valence-electron chi connectivity index (χ1n) is 6.26. The Hall–Kier alpha value is -1.10. The number of carbonyl (C=O) groups is 1. The molecule has 0 aromatic heterocycles. The Kier molecular flexibility index (Phi) is 2.88. The van der Waals surface area contributed by atoms with E-state index in [9.17, 15) is 10.1 Å². The smallest absolute Gasteiger partial charge is 0.158 e. The molecule has 0 unspecified atom stereocenters. The quantitative estimate of drug-likeness (QED) is 0.624. The fourth-order valence-electron chi connectivity index (χ4n) is 3.33. The van der Waals surface area contributed by atoms with Gasteiger partial charge in [-0.25, -0.2) is 0 Å². The lowest BCUT2D eigenvalue weighted by Crippen LogP contribution is -2.36. The number of hydrogen-bond acceptors (Lipinski definition) is 2. The minimum absolute atomic E-state index is 0.196. The maximum absolute atomic E-state index is 11.9. The van der Waals surface area contributed by atoms with Gasteiger partial charge in [0.05, 0.1) is 11.5 Å². The number of allylic oxidation sites excluding steroid dienone is 2. The molecule has 2 atom stereocenters. The molecule has 0 spiro atoms. The van der Waals surface area contributed by atoms with Crippen molar-refractivity contribution < 1.29 is 4.79 Å². The predicted molar refractivity (Wildman–Crippen MR) is 62.6 cm³/mol. The van der Waals surface area contributed by atoms with E-state index in [2.05, 4.69) is 13.0 Å². The normalized spacial score (nSPS) is 35.3. The largest absolute Gasteiger partial charge is 0.295 e. The van der Waals surface area contributed by atoms with Gasteiger partial charge in [-0.15, -0.1) is 0 Å². The summed E-state index contributed by atoms with van der Waals surface area (Å²) in [5.74, 6) is 0.456. The molecule has 2 nitrogen and oxygen atoms in total. The third-order valence-electron chi connectivity index (χ3n) is 4.44. The molecule has 2 aliphatic carbocycles. The van der Waals surface area contributed by atoms with Gasteiger partial charge >= 0.3 is 0 Å². The van der Waals surface area contributed by atoms with Gasteiger partial charge < -0.3 is 0 Å². The summed E-state index contributed by atoms with van der Waals surface area (Å²) < 4.78 is 0. The fourth-order valence-corrected chi connectivity index (χ4v) is 3.33. The highest BCUT2D eigenvalue weighted by Gasteiger charge is 2.45. The van der Waals surface area contributed by atoms with Gasteiger partial charge in [0.2, 0.25) is 0 Å². The minimum atomic E-state index is -0.325. The molecular weight excluding hydrogens is 198 g/mol. The number of Topliss-reactive ketones (excluding diaryl/α,β-unsaturated/α-hetero) is 1. The standard InChI is InChI=1S/C14H19NO/c1-10-8-13(16)11(2)12-6-4-3-5-7-14(10,12)9-15/h10H,3-8H2,1-2H3/t10-,14-/m0/s1. The lowest BCUT2D eigenvalue weighted by atomic mass is 9.62. The van der Waals surface area contributed by atoms with Crippen LogP contribution in [-0.2, 0) is 4.79 Å². The zero-order chi connectivity index (χ0) is 11.8. The predicted octanol–water partition coefficient (Wildman–Crippen LogP) is 3.39. The molecule has 0 aromatic rings. The number of nitriles is 1. The first-order valence-corrected chi connectivity index (χ1v) is 6.26. The highest BCUT2D eigenvalue weighted by Crippen LogP contribution is 2.50. The van der Waals surface area contributed by atoms with Gasteiger partial charge in [-0.2, -0.15) is 5.26 Å². The molecule has 1 saturated carbocycles. The van der Waals surface area contributed by atoms with Crippen LogP contribution >= 0.6 is 0 Å². The number of carbonyl (C=O) groups excluding carboxylic acids is 1. The summed E-state index contributed by atoms with van der Waals surface area (Å²) in [6.45, 7) is 3.99. The summed E-state index contributed by atoms with van der Waals surface area (Å²) in [5.41, 5.74) is 1.73.